The molecule has 0 saturated heterocycles. The first-order valence-electron chi connectivity index (χ1n) is 6.34. The van der Waals surface area contributed by atoms with Crippen molar-refractivity contribution in [3.05, 3.63) is 59.3 Å². The van der Waals surface area contributed by atoms with E-state index in [4.69, 9.17) is 11.5 Å². The zero-order valence-corrected chi connectivity index (χ0v) is 11.1. The van der Waals surface area contributed by atoms with E-state index in [-0.39, 0.29) is 5.78 Å². The van der Waals surface area contributed by atoms with E-state index in [9.17, 15) is 4.79 Å². The Hall–Kier alpha value is -2.75. The van der Waals surface area contributed by atoms with E-state index in [1.165, 1.54) is 0 Å². The summed E-state index contributed by atoms with van der Waals surface area (Å²) in [4.78, 5) is 15.9. The van der Waals surface area contributed by atoms with Crippen molar-refractivity contribution in [2.75, 3.05) is 11.5 Å². The summed E-state index contributed by atoms with van der Waals surface area (Å²) in [7, 11) is 0. The van der Waals surface area contributed by atoms with Crippen LogP contribution in [0.15, 0.2) is 42.5 Å². The number of carbonyl (C=O) groups excluding carboxylic acids is 1. The minimum atomic E-state index is -0.0704. The van der Waals surface area contributed by atoms with Crippen molar-refractivity contribution in [2.24, 2.45) is 0 Å². The van der Waals surface area contributed by atoms with E-state index in [0.29, 0.717) is 22.5 Å². The summed E-state index contributed by atoms with van der Waals surface area (Å²) in [5, 5.41) is 0.913. The fraction of sp³-hybridized carbons (Fsp3) is 0.0625. The van der Waals surface area contributed by atoms with Gasteiger partial charge in [0.25, 0.3) is 0 Å². The Morgan fingerprint density at radius 2 is 1.70 bits per heavy atom. The molecule has 4 nitrogen and oxygen atoms in total. The molecule has 0 spiro atoms. The van der Waals surface area contributed by atoms with Crippen molar-refractivity contribution >= 4 is 28.1 Å². The molecule has 4 heteroatoms. The number of H-pyrrole nitrogens is 1. The van der Waals surface area contributed by atoms with Crippen LogP contribution >= 0.6 is 0 Å². The van der Waals surface area contributed by atoms with Gasteiger partial charge in [-0.3, -0.25) is 4.79 Å². The summed E-state index contributed by atoms with van der Waals surface area (Å²) in [6, 6.07) is 12.7. The van der Waals surface area contributed by atoms with Crippen LogP contribution in [-0.4, -0.2) is 10.8 Å². The number of hydrogen-bond donors (Lipinski definition) is 3. The maximum absolute atomic E-state index is 12.7. The van der Waals surface area contributed by atoms with Crippen molar-refractivity contribution in [3.63, 3.8) is 0 Å². The van der Waals surface area contributed by atoms with Gasteiger partial charge >= 0.3 is 0 Å². The Morgan fingerprint density at radius 1 is 1.05 bits per heavy atom. The molecule has 0 aliphatic heterocycles. The molecule has 3 aromatic rings. The Bertz CT molecular complexity index is 797. The maximum atomic E-state index is 12.7. The molecule has 100 valence electrons. The lowest BCUT2D eigenvalue weighted by Crippen LogP contribution is -2.04. The number of anilines is 2. The zero-order valence-electron chi connectivity index (χ0n) is 11.1. The van der Waals surface area contributed by atoms with Crippen LogP contribution < -0.4 is 11.5 Å². The van der Waals surface area contributed by atoms with Crippen LogP contribution in [0.3, 0.4) is 0 Å². The number of aromatic amines is 1. The van der Waals surface area contributed by atoms with Gasteiger partial charge in [-0.15, -0.1) is 0 Å². The van der Waals surface area contributed by atoms with E-state index in [1.54, 1.807) is 18.2 Å². The van der Waals surface area contributed by atoms with Crippen molar-refractivity contribution in [2.45, 2.75) is 6.92 Å². The van der Waals surface area contributed by atoms with Gasteiger partial charge < -0.3 is 16.5 Å². The molecular formula is C16H15N3O. The zero-order chi connectivity index (χ0) is 14.3. The standard InChI is InChI=1S/C16H15N3O/c1-9-15(13-4-2-3-5-14(13)19-9)16(20)10-6-11(17)8-12(18)7-10/h2-8,19H,17-18H2,1H3. The molecule has 0 saturated carbocycles. The van der Waals surface area contributed by atoms with Crippen LogP contribution in [0.5, 0.6) is 0 Å². The number of para-hydroxylation sites is 1. The van der Waals surface area contributed by atoms with Gasteiger partial charge in [0, 0.05) is 33.5 Å². The Labute approximate surface area is 116 Å². The second-order valence-corrected chi connectivity index (χ2v) is 4.89. The molecule has 0 radical (unpaired) electrons. The first-order valence-corrected chi connectivity index (χ1v) is 6.34. The summed E-state index contributed by atoms with van der Waals surface area (Å²) >= 11 is 0. The number of aryl methyl sites for hydroxylation is 1. The number of benzene rings is 2. The lowest BCUT2D eigenvalue weighted by atomic mass is 9.99. The highest BCUT2D eigenvalue weighted by Gasteiger charge is 2.18. The van der Waals surface area contributed by atoms with Crippen LogP contribution in [0.25, 0.3) is 10.9 Å². The second-order valence-electron chi connectivity index (χ2n) is 4.89. The number of aromatic nitrogens is 1. The smallest absolute Gasteiger partial charge is 0.195 e. The number of carbonyl (C=O) groups is 1. The van der Waals surface area contributed by atoms with Gasteiger partial charge in [0.05, 0.1) is 5.56 Å². The number of rotatable bonds is 2. The lowest BCUT2D eigenvalue weighted by Gasteiger charge is -2.04. The third-order valence-electron chi connectivity index (χ3n) is 3.36. The van der Waals surface area contributed by atoms with Gasteiger partial charge in [-0.05, 0) is 31.2 Å². The highest BCUT2D eigenvalue weighted by molar-refractivity contribution is 6.17. The molecule has 3 rings (SSSR count). The van der Waals surface area contributed by atoms with Crippen LogP contribution in [0, 0.1) is 6.92 Å². The predicted molar refractivity (Wildman–Crippen MR) is 81.7 cm³/mol. The Morgan fingerprint density at radius 3 is 2.40 bits per heavy atom. The second kappa shape index (κ2) is 4.42. The molecule has 2 aromatic carbocycles. The predicted octanol–water partition coefficient (Wildman–Crippen LogP) is 2.87. The summed E-state index contributed by atoms with van der Waals surface area (Å²) in [5.74, 6) is -0.0704. The van der Waals surface area contributed by atoms with E-state index in [1.807, 2.05) is 31.2 Å². The maximum Gasteiger partial charge on any atom is 0.195 e. The van der Waals surface area contributed by atoms with E-state index in [0.717, 1.165) is 16.6 Å². The normalized spacial score (nSPS) is 10.8. The third-order valence-corrected chi connectivity index (χ3v) is 3.36. The molecule has 0 fully saturated rings. The molecule has 0 aliphatic rings. The van der Waals surface area contributed by atoms with Crippen molar-refractivity contribution in [1.29, 1.82) is 0 Å². The van der Waals surface area contributed by atoms with Crippen LogP contribution in [-0.2, 0) is 0 Å². The lowest BCUT2D eigenvalue weighted by molar-refractivity contribution is 0.104. The third kappa shape index (κ3) is 1.91. The van der Waals surface area contributed by atoms with Crippen LogP contribution in [0.4, 0.5) is 11.4 Å². The molecule has 0 aliphatic carbocycles. The SMILES string of the molecule is Cc1[nH]c2ccccc2c1C(=O)c1cc(N)cc(N)c1. The Kier molecular flexibility index (Phi) is 2.71. The van der Waals surface area contributed by atoms with Gasteiger partial charge in [-0.2, -0.15) is 0 Å². The van der Waals surface area contributed by atoms with Gasteiger partial charge in [-0.1, -0.05) is 18.2 Å². The molecule has 0 bridgehead atoms. The van der Waals surface area contributed by atoms with Crippen molar-refractivity contribution in [1.82, 2.24) is 4.98 Å². The minimum Gasteiger partial charge on any atom is -0.399 e. The average molecular weight is 265 g/mol. The summed E-state index contributed by atoms with van der Waals surface area (Å²) in [6.45, 7) is 1.89. The minimum absolute atomic E-state index is 0.0704. The van der Waals surface area contributed by atoms with E-state index < -0.39 is 0 Å². The Balaban J connectivity index is 2.20. The van der Waals surface area contributed by atoms with Crippen LogP contribution in [0.2, 0.25) is 0 Å². The number of nitrogens with two attached hydrogens (primary N) is 2. The fourth-order valence-corrected chi connectivity index (χ4v) is 2.52. The van der Waals surface area contributed by atoms with Gasteiger partial charge in [0.2, 0.25) is 0 Å². The highest BCUT2D eigenvalue weighted by Crippen LogP contribution is 2.26. The molecule has 1 heterocycles. The summed E-state index contributed by atoms with van der Waals surface area (Å²) < 4.78 is 0. The topological polar surface area (TPSA) is 84.9 Å². The van der Waals surface area contributed by atoms with E-state index in [2.05, 4.69) is 4.98 Å². The summed E-state index contributed by atoms with van der Waals surface area (Å²) in [6.07, 6.45) is 0. The molecule has 0 unspecified atom stereocenters. The molecule has 1 aromatic heterocycles. The van der Waals surface area contributed by atoms with E-state index >= 15 is 0 Å². The number of fused-ring (bicyclic) bond motifs is 1. The average Bonchev–Trinajstić information content (AvgIpc) is 2.72. The first kappa shape index (κ1) is 12.3. The van der Waals surface area contributed by atoms with Crippen molar-refractivity contribution < 1.29 is 4.79 Å². The number of nitrogen functional groups attached to an aromatic ring is 2. The number of nitrogens with one attached hydrogen (secondary N) is 1. The van der Waals surface area contributed by atoms with Gasteiger partial charge in [0.1, 0.15) is 0 Å². The molecular weight excluding hydrogens is 250 g/mol. The summed E-state index contributed by atoms with van der Waals surface area (Å²) in [5.41, 5.74) is 15.5. The van der Waals surface area contributed by atoms with Gasteiger partial charge in [-0.25, -0.2) is 0 Å². The van der Waals surface area contributed by atoms with Crippen molar-refractivity contribution in [3.8, 4) is 0 Å². The molecule has 0 amide bonds. The number of hydrogen-bond acceptors (Lipinski definition) is 3. The first-order chi connectivity index (χ1) is 9.56. The van der Waals surface area contributed by atoms with Crippen LogP contribution in [0.1, 0.15) is 21.6 Å². The molecule has 20 heavy (non-hydrogen) atoms. The largest absolute Gasteiger partial charge is 0.399 e. The monoisotopic (exact) mass is 265 g/mol. The quantitative estimate of drug-likeness (QED) is 0.492. The molecule has 0 atom stereocenters. The molecule has 5 N–H and O–H groups in total. The fourth-order valence-electron chi connectivity index (χ4n) is 2.52. The number of ketones is 1. The highest BCUT2D eigenvalue weighted by atomic mass is 16.1. The van der Waals surface area contributed by atoms with Gasteiger partial charge in [0.15, 0.2) is 5.78 Å².